The van der Waals surface area contributed by atoms with E-state index in [0.29, 0.717) is 32.8 Å². The molecule has 0 aromatic heterocycles. The Balaban J connectivity index is 1.79. The molecule has 2 heterocycles. The number of methoxy groups -OCH3 is 1. The van der Waals surface area contributed by atoms with Crippen LogP contribution in [0.1, 0.15) is 5.56 Å². The summed E-state index contributed by atoms with van der Waals surface area (Å²) in [7, 11) is 1.47. The zero-order valence-electron chi connectivity index (χ0n) is 12.0. The molecule has 2 atom stereocenters. The quantitative estimate of drug-likeness (QED) is 0.895. The van der Waals surface area contributed by atoms with Gasteiger partial charge >= 0.3 is 0 Å². The fourth-order valence-electron chi connectivity index (χ4n) is 3.00. The summed E-state index contributed by atoms with van der Waals surface area (Å²) in [5, 5.41) is 2.99. The van der Waals surface area contributed by atoms with Crippen LogP contribution >= 0.6 is 0 Å². The van der Waals surface area contributed by atoms with Gasteiger partial charge in [-0.25, -0.2) is 4.39 Å². The van der Waals surface area contributed by atoms with Crippen LogP contribution in [-0.4, -0.2) is 50.3 Å². The van der Waals surface area contributed by atoms with Gasteiger partial charge in [-0.3, -0.25) is 9.69 Å². The summed E-state index contributed by atoms with van der Waals surface area (Å²) >= 11 is 0. The molecular weight excluding hydrogens is 275 g/mol. The Morgan fingerprint density at radius 2 is 2.29 bits per heavy atom. The van der Waals surface area contributed by atoms with E-state index < -0.39 is 0 Å². The molecule has 1 N–H and O–H groups in total. The Hall–Kier alpha value is -1.66. The van der Waals surface area contributed by atoms with Crippen LogP contribution < -0.4 is 10.1 Å². The summed E-state index contributed by atoms with van der Waals surface area (Å²) in [4.78, 5) is 14.1. The van der Waals surface area contributed by atoms with Gasteiger partial charge in [-0.15, -0.1) is 0 Å². The molecule has 0 aliphatic carbocycles. The molecule has 0 spiro atoms. The van der Waals surface area contributed by atoms with E-state index in [9.17, 15) is 9.18 Å². The van der Waals surface area contributed by atoms with E-state index in [2.05, 4.69) is 10.2 Å². The highest BCUT2D eigenvalue weighted by Crippen LogP contribution is 2.25. The fraction of sp³-hybridized carbons (Fsp3) is 0.533. The predicted octanol–water partition coefficient (Wildman–Crippen LogP) is 0.781. The van der Waals surface area contributed by atoms with Crippen LogP contribution in [0, 0.1) is 11.7 Å². The van der Waals surface area contributed by atoms with Crippen LogP contribution in [0.3, 0.4) is 0 Å². The molecule has 114 valence electrons. The molecule has 21 heavy (non-hydrogen) atoms. The van der Waals surface area contributed by atoms with Crippen LogP contribution in [0.2, 0.25) is 0 Å². The number of fused-ring (bicyclic) bond motifs is 3. The Labute approximate surface area is 123 Å². The molecule has 2 aliphatic rings. The van der Waals surface area contributed by atoms with Gasteiger partial charge in [0.05, 0.1) is 32.3 Å². The second-order valence-electron chi connectivity index (χ2n) is 5.57. The average Bonchev–Trinajstić information content (AvgIpc) is 2.68. The number of nitrogens with one attached hydrogen (secondary N) is 1. The Morgan fingerprint density at radius 3 is 3.10 bits per heavy atom. The van der Waals surface area contributed by atoms with Crippen molar-refractivity contribution in [1.29, 1.82) is 0 Å². The largest absolute Gasteiger partial charge is 0.493 e. The lowest BCUT2D eigenvalue weighted by atomic mass is 10.1. The maximum atomic E-state index is 13.7. The maximum Gasteiger partial charge on any atom is 0.227 e. The summed E-state index contributed by atoms with van der Waals surface area (Å²) in [6.07, 6.45) is 0. The molecule has 5 nitrogen and oxygen atoms in total. The van der Waals surface area contributed by atoms with Crippen LogP contribution in [0.25, 0.3) is 0 Å². The predicted molar refractivity (Wildman–Crippen MR) is 74.5 cm³/mol. The van der Waals surface area contributed by atoms with Crippen LogP contribution in [0.4, 0.5) is 4.39 Å². The van der Waals surface area contributed by atoms with E-state index in [1.807, 2.05) is 6.07 Å². The van der Waals surface area contributed by atoms with Crippen LogP contribution in [-0.2, 0) is 16.1 Å². The van der Waals surface area contributed by atoms with Crippen molar-refractivity contribution in [1.82, 2.24) is 10.2 Å². The molecule has 3 rings (SSSR count). The zero-order valence-corrected chi connectivity index (χ0v) is 12.0. The molecule has 1 amide bonds. The van der Waals surface area contributed by atoms with Gasteiger partial charge in [0, 0.05) is 25.2 Å². The van der Waals surface area contributed by atoms with Crippen molar-refractivity contribution in [2.24, 2.45) is 5.92 Å². The molecule has 1 aromatic carbocycles. The van der Waals surface area contributed by atoms with Gasteiger partial charge in [0.25, 0.3) is 0 Å². The molecule has 0 unspecified atom stereocenters. The number of amides is 1. The molecule has 0 saturated carbocycles. The number of hydrogen-bond donors (Lipinski definition) is 1. The summed E-state index contributed by atoms with van der Waals surface area (Å²) in [6.45, 7) is 2.84. The number of carbonyl (C=O) groups is 1. The van der Waals surface area contributed by atoms with Crippen LogP contribution in [0.15, 0.2) is 18.2 Å². The Bertz CT molecular complexity index is 538. The fourth-order valence-corrected chi connectivity index (χ4v) is 3.00. The monoisotopic (exact) mass is 294 g/mol. The first-order chi connectivity index (χ1) is 10.2. The molecule has 2 aliphatic heterocycles. The zero-order chi connectivity index (χ0) is 14.8. The van der Waals surface area contributed by atoms with Crippen LogP contribution in [0.5, 0.6) is 5.75 Å². The third-order valence-electron chi connectivity index (χ3n) is 3.96. The lowest BCUT2D eigenvalue weighted by Gasteiger charge is -2.28. The second kappa shape index (κ2) is 5.99. The van der Waals surface area contributed by atoms with Gasteiger partial charge < -0.3 is 14.8 Å². The van der Waals surface area contributed by atoms with E-state index >= 15 is 0 Å². The highest BCUT2D eigenvalue weighted by molar-refractivity contribution is 5.79. The third kappa shape index (κ3) is 3.01. The first-order valence-corrected chi connectivity index (χ1v) is 7.09. The number of ether oxygens (including phenoxy) is 2. The molecule has 2 fully saturated rings. The number of nitrogens with zero attached hydrogens (tertiary/aromatic N) is 1. The highest BCUT2D eigenvalue weighted by atomic mass is 19.1. The SMILES string of the molecule is COc1c(F)cccc1CN1C[C@H]2COC[C@@H](C1)C(=O)N2. The summed E-state index contributed by atoms with van der Waals surface area (Å²) in [5.74, 6) is -0.201. The minimum Gasteiger partial charge on any atom is -0.493 e. The van der Waals surface area contributed by atoms with Crippen molar-refractivity contribution in [2.75, 3.05) is 33.4 Å². The number of benzene rings is 1. The highest BCUT2D eigenvalue weighted by Gasteiger charge is 2.33. The summed E-state index contributed by atoms with van der Waals surface area (Å²) < 4.78 is 24.4. The Kier molecular flexibility index (Phi) is 4.07. The summed E-state index contributed by atoms with van der Waals surface area (Å²) in [6, 6.07) is 4.91. The van der Waals surface area contributed by atoms with Crippen molar-refractivity contribution in [2.45, 2.75) is 12.6 Å². The minimum atomic E-state index is -0.359. The van der Waals surface area contributed by atoms with Crippen molar-refractivity contribution in [3.05, 3.63) is 29.6 Å². The average molecular weight is 294 g/mol. The van der Waals surface area contributed by atoms with E-state index in [1.54, 1.807) is 6.07 Å². The number of rotatable bonds is 3. The number of carbonyl (C=O) groups excluding carboxylic acids is 1. The van der Waals surface area contributed by atoms with Gasteiger partial charge in [0.15, 0.2) is 11.6 Å². The molecule has 1 aromatic rings. The van der Waals surface area contributed by atoms with Gasteiger partial charge in [0.2, 0.25) is 5.91 Å². The van der Waals surface area contributed by atoms with Crippen molar-refractivity contribution in [3.8, 4) is 5.75 Å². The molecule has 6 heteroatoms. The number of halogens is 1. The van der Waals surface area contributed by atoms with Crippen molar-refractivity contribution < 1.29 is 18.7 Å². The molecule has 0 radical (unpaired) electrons. The first-order valence-electron chi connectivity index (χ1n) is 7.09. The number of para-hydroxylation sites is 1. The van der Waals surface area contributed by atoms with E-state index in [4.69, 9.17) is 9.47 Å². The van der Waals surface area contributed by atoms with E-state index in [0.717, 1.165) is 5.56 Å². The molecular formula is C15H19FN2O3. The van der Waals surface area contributed by atoms with E-state index in [-0.39, 0.29) is 29.4 Å². The van der Waals surface area contributed by atoms with Crippen molar-refractivity contribution in [3.63, 3.8) is 0 Å². The number of hydrogen-bond acceptors (Lipinski definition) is 4. The maximum absolute atomic E-state index is 13.7. The molecule has 2 bridgehead atoms. The lowest BCUT2D eigenvalue weighted by Crippen LogP contribution is -2.41. The third-order valence-corrected chi connectivity index (χ3v) is 3.96. The normalized spacial score (nSPS) is 26.1. The van der Waals surface area contributed by atoms with Gasteiger partial charge in [-0.05, 0) is 6.07 Å². The lowest BCUT2D eigenvalue weighted by molar-refractivity contribution is -0.125. The first kappa shape index (κ1) is 14.3. The van der Waals surface area contributed by atoms with Crippen molar-refractivity contribution >= 4 is 5.91 Å². The minimum absolute atomic E-state index is 0.00967. The molecule has 2 saturated heterocycles. The summed E-state index contributed by atoms with van der Waals surface area (Å²) in [5.41, 5.74) is 0.797. The standard InChI is InChI=1S/C15H19FN2O3/c1-20-14-10(3-2-4-13(14)16)5-18-6-11-8-21-9-12(7-18)17-15(11)19/h2-4,11-12H,5-9H2,1H3,(H,17,19)/t11-,12+/m1/s1. The van der Waals surface area contributed by atoms with Gasteiger partial charge in [0.1, 0.15) is 0 Å². The topological polar surface area (TPSA) is 50.8 Å². The second-order valence-corrected chi connectivity index (χ2v) is 5.57. The van der Waals surface area contributed by atoms with E-state index in [1.165, 1.54) is 13.2 Å². The smallest absolute Gasteiger partial charge is 0.227 e. The van der Waals surface area contributed by atoms with Gasteiger partial charge in [-0.2, -0.15) is 0 Å². The van der Waals surface area contributed by atoms with Gasteiger partial charge in [-0.1, -0.05) is 12.1 Å². The Morgan fingerprint density at radius 1 is 1.43 bits per heavy atom.